The number of rotatable bonds is 6. The smallest absolute Gasteiger partial charge is 0.220 e. The Balaban J connectivity index is 1.52. The van der Waals surface area contributed by atoms with Crippen LogP contribution in [0.1, 0.15) is 18.9 Å². The van der Waals surface area contributed by atoms with Gasteiger partial charge in [-0.05, 0) is 31.0 Å². The summed E-state index contributed by atoms with van der Waals surface area (Å²) in [5.74, 6) is 0.0609. The van der Waals surface area contributed by atoms with Crippen molar-refractivity contribution in [3.63, 3.8) is 0 Å². The van der Waals surface area contributed by atoms with Crippen molar-refractivity contribution in [3.05, 3.63) is 60.2 Å². The van der Waals surface area contributed by atoms with Gasteiger partial charge in [0.1, 0.15) is 5.52 Å². The highest BCUT2D eigenvalue weighted by molar-refractivity contribution is 5.76. The van der Waals surface area contributed by atoms with Crippen molar-refractivity contribution in [2.24, 2.45) is 0 Å². The molecular weight excluding hydrogens is 288 g/mol. The zero-order valence-corrected chi connectivity index (χ0v) is 13.1. The van der Waals surface area contributed by atoms with E-state index < -0.39 is 0 Å². The predicted octanol–water partition coefficient (Wildman–Crippen LogP) is 2.57. The first-order valence-corrected chi connectivity index (χ1v) is 7.84. The van der Waals surface area contributed by atoms with Crippen LogP contribution >= 0.6 is 0 Å². The fourth-order valence-electron chi connectivity index (χ4n) is 2.61. The topological polar surface area (TPSA) is 59.8 Å². The molecule has 5 heteroatoms. The van der Waals surface area contributed by atoms with Gasteiger partial charge in [-0.2, -0.15) is 0 Å². The fraction of sp³-hybridized carbons (Fsp3) is 0.278. The zero-order valence-electron chi connectivity index (χ0n) is 13.1. The van der Waals surface area contributed by atoms with Gasteiger partial charge >= 0.3 is 0 Å². The Kier molecular flexibility index (Phi) is 4.66. The van der Waals surface area contributed by atoms with E-state index in [4.69, 9.17) is 0 Å². The van der Waals surface area contributed by atoms with E-state index in [0.717, 1.165) is 17.5 Å². The van der Waals surface area contributed by atoms with Gasteiger partial charge in [0.15, 0.2) is 0 Å². The molecule has 1 aromatic heterocycles. The fourth-order valence-corrected chi connectivity index (χ4v) is 2.61. The van der Waals surface area contributed by atoms with E-state index in [0.29, 0.717) is 13.0 Å². The van der Waals surface area contributed by atoms with Crippen molar-refractivity contribution < 1.29 is 4.79 Å². The van der Waals surface area contributed by atoms with Crippen molar-refractivity contribution >= 4 is 16.9 Å². The lowest BCUT2D eigenvalue weighted by Crippen LogP contribution is -2.36. The van der Waals surface area contributed by atoms with Gasteiger partial charge in [0, 0.05) is 12.5 Å². The van der Waals surface area contributed by atoms with E-state index in [9.17, 15) is 4.79 Å². The van der Waals surface area contributed by atoms with Crippen LogP contribution in [0, 0.1) is 0 Å². The standard InChI is InChI=1S/C18H20N4O/c1-14(13-22-17-10-6-5-9-16(17)20-21-22)19-18(23)12-11-15-7-3-2-4-8-15/h2-10,14H,11-13H2,1H3,(H,19,23)/t14-/m0/s1. The number of carbonyl (C=O) groups is 1. The maximum absolute atomic E-state index is 12.1. The molecule has 118 valence electrons. The SMILES string of the molecule is C[C@@H](Cn1nnc2ccccc21)NC(=O)CCc1ccccc1. The number of fused-ring (bicyclic) bond motifs is 1. The summed E-state index contributed by atoms with van der Waals surface area (Å²) in [6.07, 6.45) is 1.25. The van der Waals surface area contributed by atoms with Gasteiger partial charge in [0.2, 0.25) is 5.91 Å². The molecule has 0 aliphatic heterocycles. The van der Waals surface area contributed by atoms with E-state index >= 15 is 0 Å². The highest BCUT2D eigenvalue weighted by Gasteiger charge is 2.11. The summed E-state index contributed by atoms with van der Waals surface area (Å²) in [6, 6.07) is 17.9. The molecule has 0 fully saturated rings. The number of aromatic nitrogens is 3. The molecule has 1 amide bonds. The van der Waals surface area contributed by atoms with Gasteiger partial charge in [-0.15, -0.1) is 5.10 Å². The number of para-hydroxylation sites is 1. The third-order valence-electron chi connectivity index (χ3n) is 3.76. The van der Waals surface area contributed by atoms with Gasteiger partial charge in [-0.25, -0.2) is 4.68 Å². The number of aryl methyl sites for hydroxylation is 1. The summed E-state index contributed by atoms with van der Waals surface area (Å²) in [7, 11) is 0. The number of amides is 1. The number of nitrogens with zero attached hydrogens (tertiary/aromatic N) is 3. The van der Waals surface area contributed by atoms with Crippen LogP contribution in [0.2, 0.25) is 0 Å². The van der Waals surface area contributed by atoms with E-state index in [2.05, 4.69) is 15.6 Å². The summed E-state index contributed by atoms with van der Waals surface area (Å²) in [6.45, 7) is 2.59. The molecule has 0 bridgehead atoms. The highest BCUT2D eigenvalue weighted by Crippen LogP contribution is 2.10. The normalized spacial score (nSPS) is 12.2. The van der Waals surface area contributed by atoms with Crippen LogP contribution in [-0.2, 0) is 17.8 Å². The molecule has 0 aliphatic carbocycles. The number of benzene rings is 2. The van der Waals surface area contributed by atoms with Crippen LogP contribution in [0.3, 0.4) is 0 Å². The minimum atomic E-state index is 0.00313. The third kappa shape index (κ3) is 3.94. The lowest BCUT2D eigenvalue weighted by atomic mass is 10.1. The maximum Gasteiger partial charge on any atom is 0.220 e. The molecule has 0 saturated carbocycles. The molecule has 1 N–H and O–H groups in total. The molecule has 3 rings (SSSR count). The molecule has 0 unspecified atom stereocenters. The monoisotopic (exact) mass is 308 g/mol. The van der Waals surface area contributed by atoms with E-state index in [1.54, 1.807) is 0 Å². The molecule has 23 heavy (non-hydrogen) atoms. The van der Waals surface area contributed by atoms with E-state index in [1.807, 2.05) is 66.2 Å². The Morgan fingerprint density at radius 3 is 2.70 bits per heavy atom. The van der Waals surface area contributed by atoms with Gasteiger partial charge < -0.3 is 5.32 Å². The summed E-state index contributed by atoms with van der Waals surface area (Å²) in [5, 5.41) is 11.3. The maximum atomic E-state index is 12.1. The molecular formula is C18H20N4O. The molecule has 3 aromatic rings. The first-order valence-electron chi connectivity index (χ1n) is 7.84. The number of carbonyl (C=O) groups excluding carboxylic acids is 1. The zero-order chi connectivity index (χ0) is 16.1. The molecule has 1 atom stereocenters. The molecule has 2 aromatic carbocycles. The van der Waals surface area contributed by atoms with Crippen LogP contribution in [0.4, 0.5) is 0 Å². The minimum Gasteiger partial charge on any atom is -0.352 e. The Morgan fingerprint density at radius 1 is 1.13 bits per heavy atom. The van der Waals surface area contributed by atoms with Crippen molar-refractivity contribution in [2.75, 3.05) is 0 Å². The number of nitrogens with one attached hydrogen (secondary N) is 1. The quantitative estimate of drug-likeness (QED) is 0.761. The third-order valence-corrected chi connectivity index (χ3v) is 3.76. The summed E-state index contributed by atoms with van der Waals surface area (Å²) in [4.78, 5) is 12.1. The molecule has 0 spiro atoms. The second-order valence-electron chi connectivity index (χ2n) is 5.71. The van der Waals surface area contributed by atoms with Crippen LogP contribution in [0.5, 0.6) is 0 Å². The van der Waals surface area contributed by atoms with Gasteiger partial charge in [-0.1, -0.05) is 47.7 Å². The Hall–Kier alpha value is -2.69. The largest absolute Gasteiger partial charge is 0.352 e. The van der Waals surface area contributed by atoms with Crippen molar-refractivity contribution in [1.82, 2.24) is 20.3 Å². The van der Waals surface area contributed by atoms with Crippen LogP contribution in [-0.4, -0.2) is 26.9 Å². The molecule has 1 heterocycles. The average Bonchev–Trinajstić information content (AvgIpc) is 2.97. The van der Waals surface area contributed by atoms with Crippen molar-refractivity contribution in [1.29, 1.82) is 0 Å². The first-order chi connectivity index (χ1) is 11.2. The summed E-state index contributed by atoms with van der Waals surface area (Å²) < 4.78 is 1.83. The summed E-state index contributed by atoms with van der Waals surface area (Å²) >= 11 is 0. The predicted molar refractivity (Wildman–Crippen MR) is 89.9 cm³/mol. The molecule has 0 radical (unpaired) electrons. The van der Waals surface area contributed by atoms with Gasteiger partial charge in [0.25, 0.3) is 0 Å². The minimum absolute atomic E-state index is 0.00313. The Labute approximate surface area is 135 Å². The second-order valence-corrected chi connectivity index (χ2v) is 5.71. The Morgan fingerprint density at radius 2 is 1.87 bits per heavy atom. The second kappa shape index (κ2) is 7.05. The van der Waals surface area contributed by atoms with Crippen molar-refractivity contribution in [3.8, 4) is 0 Å². The summed E-state index contributed by atoms with van der Waals surface area (Å²) in [5.41, 5.74) is 3.03. The first kappa shape index (κ1) is 15.2. The van der Waals surface area contributed by atoms with Crippen LogP contribution in [0.25, 0.3) is 11.0 Å². The van der Waals surface area contributed by atoms with Crippen molar-refractivity contribution in [2.45, 2.75) is 32.4 Å². The highest BCUT2D eigenvalue weighted by atomic mass is 16.1. The molecule has 5 nitrogen and oxygen atoms in total. The van der Waals surface area contributed by atoms with Gasteiger partial charge in [0.05, 0.1) is 12.1 Å². The molecule has 0 aliphatic rings. The van der Waals surface area contributed by atoms with Gasteiger partial charge in [-0.3, -0.25) is 4.79 Å². The number of hydrogen-bond acceptors (Lipinski definition) is 3. The Bertz CT molecular complexity index is 782. The van der Waals surface area contributed by atoms with E-state index in [1.165, 1.54) is 5.56 Å². The van der Waals surface area contributed by atoms with Crippen LogP contribution < -0.4 is 5.32 Å². The van der Waals surface area contributed by atoms with E-state index in [-0.39, 0.29) is 11.9 Å². The number of hydrogen-bond donors (Lipinski definition) is 1. The van der Waals surface area contributed by atoms with Crippen LogP contribution in [0.15, 0.2) is 54.6 Å². The molecule has 0 saturated heterocycles. The lowest BCUT2D eigenvalue weighted by Gasteiger charge is -2.14. The average molecular weight is 308 g/mol. The lowest BCUT2D eigenvalue weighted by molar-refractivity contribution is -0.121.